The Morgan fingerprint density at radius 3 is 2.62 bits per heavy atom. The van der Waals surface area contributed by atoms with E-state index in [2.05, 4.69) is 31.0 Å². The number of anilines is 2. The zero-order chi connectivity index (χ0) is 29.4. The second-order valence-corrected chi connectivity index (χ2v) is 10.7. The Kier molecular flexibility index (Phi) is 7.31. The number of aromatic amines is 1. The third-order valence-corrected chi connectivity index (χ3v) is 7.92. The number of benzene rings is 1. The fourth-order valence-corrected chi connectivity index (χ4v) is 5.67. The lowest BCUT2D eigenvalue weighted by atomic mass is 9.87. The van der Waals surface area contributed by atoms with Gasteiger partial charge in [-0.15, -0.1) is 0 Å². The topological polar surface area (TPSA) is 132 Å². The zero-order valence-corrected chi connectivity index (χ0v) is 22.8. The van der Waals surface area contributed by atoms with Crippen LogP contribution in [0.3, 0.4) is 0 Å². The van der Waals surface area contributed by atoms with Gasteiger partial charge in [0.25, 0.3) is 0 Å². The molecule has 4 N–H and O–H groups in total. The maximum atomic E-state index is 13.4. The van der Waals surface area contributed by atoms with E-state index < -0.39 is 11.9 Å². The zero-order valence-electron chi connectivity index (χ0n) is 22.8. The van der Waals surface area contributed by atoms with Gasteiger partial charge in [0.1, 0.15) is 5.69 Å². The first-order valence-corrected chi connectivity index (χ1v) is 13.8. The fourth-order valence-electron chi connectivity index (χ4n) is 5.67. The SMILES string of the molecule is Cc1cc(Nc2nccn3c(-c4cn[nH]c4C(F)(F)F)cnc23)ccc1C(=O)C1CCN(C(=O)N[C@H]2CCNC2)CC1. The Morgan fingerprint density at radius 1 is 1.10 bits per heavy atom. The molecule has 4 aromatic rings. The van der Waals surface area contributed by atoms with Crippen molar-refractivity contribution in [3.05, 3.63) is 59.8 Å². The maximum Gasteiger partial charge on any atom is 0.433 e. The van der Waals surface area contributed by atoms with Gasteiger partial charge in [-0.1, -0.05) is 0 Å². The number of nitrogens with one attached hydrogen (secondary N) is 4. The molecule has 220 valence electrons. The molecule has 0 unspecified atom stereocenters. The summed E-state index contributed by atoms with van der Waals surface area (Å²) < 4.78 is 41.8. The average molecular weight is 582 g/mol. The molecule has 11 nitrogen and oxygen atoms in total. The highest BCUT2D eigenvalue weighted by Crippen LogP contribution is 2.36. The number of nitrogens with zero attached hydrogens (tertiary/aromatic N) is 5. The summed E-state index contributed by atoms with van der Waals surface area (Å²) in [7, 11) is 0. The van der Waals surface area contributed by atoms with Crippen LogP contribution in [0.1, 0.15) is 40.9 Å². The number of rotatable bonds is 6. The first kappa shape index (κ1) is 27.7. The van der Waals surface area contributed by atoms with Crippen molar-refractivity contribution in [3.63, 3.8) is 0 Å². The smallest absolute Gasteiger partial charge is 0.337 e. The number of hydrogen-bond acceptors (Lipinski definition) is 7. The van der Waals surface area contributed by atoms with E-state index >= 15 is 0 Å². The van der Waals surface area contributed by atoms with Crippen LogP contribution in [-0.2, 0) is 6.18 Å². The van der Waals surface area contributed by atoms with Crippen LogP contribution in [0.5, 0.6) is 0 Å². The summed E-state index contributed by atoms with van der Waals surface area (Å²) in [5.41, 5.74) is 1.52. The molecule has 2 fully saturated rings. The van der Waals surface area contributed by atoms with Crippen LogP contribution in [0.25, 0.3) is 16.9 Å². The van der Waals surface area contributed by atoms with Gasteiger partial charge in [0.2, 0.25) is 0 Å². The van der Waals surface area contributed by atoms with Gasteiger partial charge < -0.3 is 20.9 Å². The van der Waals surface area contributed by atoms with Gasteiger partial charge in [0, 0.05) is 55.2 Å². The van der Waals surface area contributed by atoms with Crippen molar-refractivity contribution in [1.29, 1.82) is 0 Å². The molecule has 0 saturated carbocycles. The third kappa shape index (κ3) is 5.41. The normalized spacial score (nSPS) is 18.0. The van der Waals surface area contributed by atoms with E-state index in [0.717, 1.165) is 31.3 Å². The van der Waals surface area contributed by atoms with Crippen molar-refractivity contribution in [2.75, 3.05) is 31.5 Å². The molecule has 14 heteroatoms. The summed E-state index contributed by atoms with van der Waals surface area (Å²) in [4.78, 5) is 36.4. The number of Topliss-reactive ketones (excluding diaryl/α,β-unsaturated/α-hetero) is 1. The predicted molar refractivity (Wildman–Crippen MR) is 148 cm³/mol. The quantitative estimate of drug-likeness (QED) is 0.252. The number of carbonyl (C=O) groups excluding carboxylic acids is 2. The summed E-state index contributed by atoms with van der Waals surface area (Å²) in [6.45, 7) is 4.62. The Balaban J connectivity index is 1.13. The second-order valence-electron chi connectivity index (χ2n) is 10.7. The lowest BCUT2D eigenvalue weighted by Gasteiger charge is -2.32. The largest absolute Gasteiger partial charge is 0.433 e. The first-order chi connectivity index (χ1) is 20.2. The van der Waals surface area contributed by atoms with Crippen LogP contribution < -0.4 is 16.0 Å². The molecule has 0 aliphatic carbocycles. The number of urea groups is 1. The maximum absolute atomic E-state index is 13.4. The lowest BCUT2D eigenvalue weighted by molar-refractivity contribution is -0.140. The fraction of sp³-hybridized carbons (Fsp3) is 0.393. The van der Waals surface area contributed by atoms with Gasteiger partial charge in [-0.2, -0.15) is 18.3 Å². The van der Waals surface area contributed by atoms with Gasteiger partial charge >= 0.3 is 12.2 Å². The molecule has 42 heavy (non-hydrogen) atoms. The number of carbonyl (C=O) groups is 2. The molecule has 3 aromatic heterocycles. The number of aryl methyl sites for hydroxylation is 1. The number of amides is 2. The molecule has 2 amide bonds. The van der Waals surface area contributed by atoms with E-state index in [4.69, 9.17) is 0 Å². The van der Waals surface area contributed by atoms with Gasteiger partial charge in [-0.05, 0) is 56.5 Å². The van der Waals surface area contributed by atoms with Crippen molar-refractivity contribution in [2.45, 2.75) is 38.4 Å². The number of halogens is 3. The van der Waals surface area contributed by atoms with E-state index in [9.17, 15) is 22.8 Å². The van der Waals surface area contributed by atoms with Crippen molar-refractivity contribution >= 4 is 29.0 Å². The third-order valence-electron chi connectivity index (χ3n) is 7.92. The summed E-state index contributed by atoms with van der Waals surface area (Å²) >= 11 is 0. The minimum absolute atomic E-state index is 0.0535. The van der Waals surface area contributed by atoms with Gasteiger partial charge in [-0.3, -0.25) is 14.3 Å². The van der Waals surface area contributed by atoms with Crippen LogP contribution in [0, 0.1) is 12.8 Å². The molecule has 6 rings (SSSR count). The molecule has 2 aliphatic heterocycles. The van der Waals surface area contributed by atoms with Crippen LogP contribution in [0.2, 0.25) is 0 Å². The van der Waals surface area contributed by atoms with Crippen LogP contribution in [-0.4, -0.2) is 73.5 Å². The van der Waals surface area contributed by atoms with Crippen molar-refractivity contribution in [3.8, 4) is 11.3 Å². The molecular weight excluding hydrogens is 551 g/mol. The Morgan fingerprint density at radius 2 is 1.90 bits per heavy atom. The molecule has 5 heterocycles. The highest BCUT2D eigenvalue weighted by Gasteiger charge is 2.37. The number of hydrogen-bond donors (Lipinski definition) is 4. The minimum Gasteiger partial charge on any atom is -0.337 e. The van der Waals surface area contributed by atoms with Crippen LogP contribution in [0.4, 0.5) is 29.5 Å². The van der Waals surface area contributed by atoms with Crippen LogP contribution in [0.15, 0.2) is 43.0 Å². The number of imidazole rings is 1. The molecule has 0 spiro atoms. The summed E-state index contributed by atoms with van der Waals surface area (Å²) in [6, 6.07) is 5.46. The summed E-state index contributed by atoms with van der Waals surface area (Å²) in [6.07, 6.45) is 3.00. The van der Waals surface area contributed by atoms with Gasteiger partial charge in [-0.25, -0.2) is 14.8 Å². The molecule has 2 aliphatic rings. The van der Waals surface area contributed by atoms with Gasteiger partial charge in [0.05, 0.1) is 23.7 Å². The van der Waals surface area contributed by atoms with E-state index in [-0.39, 0.29) is 35.0 Å². The number of alkyl halides is 3. The Labute approximate surface area is 238 Å². The number of likely N-dealkylation sites (tertiary alicyclic amines) is 1. The number of fused-ring (bicyclic) bond motifs is 1. The Hall–Kier alpha value is -4.46. The highest BCUT2D eigenvalue weighted by molar-refractivity contribution is 5.99. The molecule has 1 aromatic carbocycles. The van der Waals surface area contributed by atoms with Crippen molar-refractivity contribution in [1.82, 2.24) is 40.1 Å². The number of ketones is 1. The minimum atomic E-state index is -4.60. The standard InChI is InChI=1S/C28H30F3N9O2/c1-16-12-18(2-3-20(16)23(41)17-5-9-39(10-6-17)27(42)37-19-4-7-32-13-19)36-25-26-34-15-22(40(26)11-8-33-25)21-14-35-38-24(21)28(29,30)31/h2-3,8,11-12,14-15,17,19,32H,4-7,9-10,13H2,1H3,(H,33,36)(H,35,38)(H,37,42)/t19-/m0/s1. The van der Waals surface area contributed by atoms with Crippen molar-refractivity contribution in [2.24, 2.45) is 5.92 Å². The Bertz CT molecular complexity index is 1620. The summed E-state index contributed by atoms with van der Waals surface area (Å²) in [5, 5.41) is 15.1. The molecular formula is C28H30F3N9O2. The first-order valence-electron chi connectivity index (χ1n) is 13.8. The number of aromatic nitrogens is 5. The predicted octanol–water partition coefficient (Wildman–Crippen LogP) is 4.16. The number of H-pyrrole nitrogens is 1. The molecule has 0 bridgehead atoms. The van der Waals surface area contributed by atoms with E-state index in [1.165, 1.54) is 23.0 Å². The second kappa shape index (κ2) is 11.1. The van der Waals surface area contributed by atoms with Crippen molar-refractivity contribution < 1.29 is 22.8 Å². The van der Waals surface area contributed by atoms with Gasteiger partial charge in [0.15, 0.2) is 17.2 Å². The molecule has 2 saturated heterocycles. The highest BCUT2D eigenvalue weighted by atomic mass is 19.4. The monoisotopic (exact) mass is 581 g/mol. The van der Waals surface area contributed by atoms with E-state index in [1.807, 2.05) is 18.1 Å². The average Bonchev–Trinajstić information content (AvgIpc) is 3.74. The lowest BCUT2D eigenvalue weighted by Crippen LogP contribution is -2.49. The van der Waals surface area contributed by atoms with E-state index in [1.54, 1.807) is 17.0 Å². The number of piperidine rings is 1. The molecule has 0 radical (unpaired) electrons. The molecule has 1 atom stereocenters. The van der Waals surface area contributed by atoms with Crippen LogP contribution >= 0.6 is 0 Å². The summed E-state index contributed by atoms with van der Waals surface area (Å²) in [5.74, 6) is 0.235. The van der Waals surface area contributed by atoms with E-state index in [0.29, 0.717) is 48.6 Å².